The van der Waals surface area contributed by atoms with Crippen molar-refractivity contribution in [3.05, 3.63) is 34.6 Å². The summed E-state index contributed by atoms with van der Waals surface area (Å²) in [4.78, 5) is 12.3. The van der Waals surface area contributed by atoms with E-state index in [1.807, 2.05) is 0 Å². The highest BCUT2D eigenvalue weighted by Gasteiger charge is 2.52. The van der Waals surface area contributed by atoms with Crippen LogP contribution in [-0.2, 0) is 11.3 Å². The molecule has 9 nitrogen and oxygen atoms in total. The average molecular weight is 323 g/mol. The van der Waals surface area contributed by atoms with E-state index in [9.17, 15) is 20.1 Å². The Morgan fingerprint density at radius 2 is 2.04 bits per heavy atom. The summed E-state index contributed by atoms with van der Waals surface area (Å²) in [5, 5.41) is 47.0. The van der Waals surface area contributed by atoms with Gasteiger partial charge in [-0.1, -0.05) is 17.3 Å². The SMILES string of the molecule is O=c1c2ccccc2nnn1CC[C@@]1(O)O[C@@H](CO)[C@H](O)[C@@H]1O. The number of rotatable bonds is 4. The van der Waals surface area contributed by atoms with Crippen molar-refractivity contribution >= 4 is 10.9 Å². The van der Waals surface area contributed by atoms with Gasteiger partial charge in [0.25, 0.3) is 5.56 Å². The van der Waals surface area contributed by atoms with Crippen molar-refractivity contribution in [2.45, 2.75) is 37.1 Å². The van der Waals surface area contributed by atoms with Gasteiger partial charge in [-0.2, -0.15) is 0 Å². The van der Waals surface area contributed by atoms with Crippen molar-refractivity contribution in [3.8, 4) is 0 Å². The van der Waals surface area contributed by atoms with Gasteiger partial charge in [-0.05, 0) is 12.1 Å². The Morgan fingerprint density at radius 1 is 1.30 bits per heavy atom. The molecule has 23 heavy (non-hydrogen) atoms. The number of fused-ring (bicyclic) bond motifs is 1. The van der Waals surface area contributed by atoms with Crippen LogP contribution in [0.15, 0.2) is 29.1 Å². The van der Waals surface area contributed by atoms with Gasteiger partial charge in [0.1, 0.15) is 23.8 Å². The number of nitrogens with zero attached hydrogens (tertiary/aromatic N) is 3. The third kappa shape index (κ3) is 2.73. The predicted molar refractivity (Wildman–Crippen MR) is 77.3 cm³/mol. The van der Waals surface area contributed by atoms with E-state index in [1.165, 1.54) is 0 Å². The summed E-state index contributed by atoms with van der Waals surface area (Å²) in [7, 11) is 0. The maximum atomic E-state index is 12.3. The lowest BCUT2D eigenvalue weighted by Gasteiger charge is -2.25. The topological polar surface area (TPSA) is 138 Å². The molecule has 0 saturated carbocycles. The van der Waals surface area contributed by atoms with Crippen LogP contribution >= 0.6 is 0 Å². The standard InChI is InChI=1S/C14H17N3O6/c18-7-10-11(19)12(20)14(22,23-10)5-6-17-13(21)8-3-1-2-4-9(8)15-16-17/h1-4,10-12,18-20,22H,5-7H2/t10-,11-,12-,14+/m0/s1. The Hall–Kier alpha value is -1.91. The van der Waals surface area contributed by atoms with E-state index >= 15 is 0 Å². The molecule has 124 valence electrons. The molecule has 3 rings (SSSR count). The third-order valence-electron chi connectivity index (χ3n) is 4.01. The van der Waals surface area contributed by atoms with E-state index in [0.717, 1.165) is 4.68 Å². The number of aliphatic hydroxyl groups excluding tert-OH is 3. The van der Waals surface area contributed by atoms with Crippen molar-refractivity contribution in [2.24, 2.45) is 0 Å². The maximum absolute atomic E-state index is 12.3. The van der Waals surface area contributed by atoms with Gasteiger partial charge in [-0.15, -0.1) is 5.10 Å². The highest BCUT2D eigenvalue weighted by Crippen LogP contribution is 2.32. The summed E-state index contributed by atoms with van der Waals surface area (Å²) in [6.45, 7) is -0.620. The molecule has 9 heteroatoms. The lowest BCUT2D eigenvalue weighted by molar-refractivity contribution is -0.235. The van der Waals surface area contributed by atoms with E-state index < -0.39 is 30.7 Å². The molecule has 4 atom stereocenters. The minimum atomic E-state index is -2.07. The van der Waals surface area contributed by atoms with Gasteiger partial charge in [0, 0.05) is 6.42 Å². The zero-order chi connectivity index (χ0) is 16.6. The molecule has 0 unspecified atom stereocenters. The van der Waals surface area contributed by atoms with Gasteiger partial charge in [0.2, 0.25) is 0 Å². The molecule has 0 bridgehead atoms. The fourth-order valence-corrected chi connectivity index (χ4v) is 2.66. The van der Waals surface area contributed by atoms with Crippen LogP contribution < -0.4 is 5.56 Å². The van der Waals surface area contributed by atoms with Crippen molar-refractivity contribution < 1.29 is 25.2 Å². The Bertz CT molecular complexity index is 766. The molecule has 2 aromatic rings. The van der Waals surface area contributed by atoms with E-state index in [-0.39, 0.29) is 18.5 Å². The van der Waals surface area contributed by atoms with E-state index in [0.29, 0.717) is 10.9 Å². The van der Waals surface area contributed by atoms with Crippen molar-refractivity contribution in [2.75, 3.05) is 6.61 Å². The van der Waals surface area contributed by atoms with Gasteiger partial charge in [0.05, 0.1) is 18.5 Å². The fraction of sp³-hybridized carbons (Fsp3) is 0.500. The smallest absolute Gasteiger partial charge is 0.277 e. The number of hydrogen-bond donors (Lipinski definition) is 4. The van der Waals surface area contributed by atoms with Crippen LogP contribution in [0, 0.1) is 0 Å². The molecule has 4 N–H and O–H groups in total. The summed E-state index contributed by atoms with van der Waals surface area (Å²) in [5.74, 6) is -2.07. The lowest BCUT2D eigenvalue weighted by Crippen LogP contribution is -2.44. The second-order valence-electron chi connectivity index (χ2n) is 5.50. The van der Waals surface area contributed by atoms with Gasteiger partial charge in [-0.3, -0.25) is 4.79 Å². The van der Waals surface area contributed by atoms with E-state index in [1.54, 1.807) is 24.3 Å². The summed E-state index contributed by atoms with van der Waals surface area (Å²) in [6, 6.07) is 6.72. The first kappa shape index (κ1) is 16.0. The molecule has 1 aromatic carbocycles. The zero-order valence-electron chi connectivity index (χ0n) is 12.1. The van der Waals surface area contributed by atoms with Gasteiger partial charge < -0.3 is 25.2 Å². The van der Waals surface area contributed by atoms with Crippen LogP contribution in [0.3, 0.4) is 0 Å². The molecule has 1 saturated heterocycles. The van der Waals surface area contributed by atoms with Crippen LogP contribution in [-0.4, -0.2) is 66.1 Å². The maximum Gasteiger partial charge on any atom is 0.277 e. The molecule has 1 fully saturated rings. The molecular weight excluding hydrogens is 306 g/mol. The quantitative estimate of drug-likeness (QED) is 0.506. The third-order valence-corrected chi connectivity index (χ3v) is 4.01. The van der Waals surface area contributed by atoms with Crippen LogP contribution in [0.5, 0.6) is 0 Å². The van der Waals surface area contributed by atoms with Crippen LogP contribution in [0.2, 0.25) is 0 Å². The second kappa shape index (κ2) is 5.95. The highest BCUT2D eigenvalue weighted by molar-refractivity contribution is 5.76. The lowest BCUT2D eigenvalue weighted by atomic mass is 10.0. The molecule has 0 radical (unpaired) electrons. The number of aromatic nitrogens is 3. The molecule has 2 heterocycles. The van der Waals surface area contributed by atoms with Gasteiger partial charge in [-0.25, -0.2) is 4.68 Å². The minimum Gasteiger partial charge on any atom is -0.394 e. The van der Waals surface area contributed by atoms with Crippen LogP contribution in [0.25, 0.3) is 10.9 Å². The van der Waals surface area contributed by atoms with Crippen LogP contribution in [0.1, 0.15) is 6.42 Å². The molecule has 0 amide bonds. The number of benzene rings is 1. The number of ether oxygens (including phenoxy) is 1. The van der Waals surface area contributed by atoms with Crippen molar-refractivity contribution in [3.63, 3.8) is 0 Å². The molecule has 0 aliphatic carbocycles. The fourth-order valence-electron chi connectivity index (χ4n) is 2.66. The zero-order valence-corrected chi connectivity index (χ0v) is 12.1. The summed E-state index contributed by atoms with van der Waals surface area (Å²) >= 11 is 0. The number of aliphatic hydroxyl groups is 4. The largest absolute Gasteiger partial charge is 0.394 e. The summed E-state index contributed by atoms with van der Waals surface area (Å²) in [5.41, 5.74) is 0.0753. The Morgan fingerprint density at radius 3 is 2.74 bits per heavy atom. The molecule has 1 aliphatic rings. The Kier molecular flexibility index (Phi) is 4.13. The molecule has 1 aromatic heterocycles. The van der Waals surface area contributed by atoms with Crippen LogP contribution in [0.4, 0.5) is 0 Å². The molecular formula is C14H17N3O6. The van der Waals surface area contributed by atoms with Crippen molar-refractivity contribution in [1.82, 2.24) is 15.0 Å². The predicted octanol–water partition coefficient (Wildman–Crippen LogP) is -2.02. The van der Waals surface area contributed by atoms with E-state index in [2.05, 4.69) is 10.3 Å². The second-order valence-corrected chi connectivity index (χ2v) is 5.50. The molecule has 1 aliphatic heterocycles. The first-order valence-corrected chi connectivity index (χ1v) is 7.16. The minimum absolute atomic E-state index is 0.0743. The number of aryl methyl sites for hydroxylation is 1. The summed E-state index contributed by atoms with van der Waals surface area (Å²) < 4.78 is 6.16. The monoisotopic (exact) mass is 323 g/mol. The Labute approximate surface area is 130 Å². The van der Waals surface area contributed by atoms with E-state index in [4.69, 9.17) is 9.84 Å². The van der Waals surface area contributed by atoms with Gasteiger partial charge in [0.15, 0.2) is 5.79 Å². The number of hydrogen-bond acceptors (Lipinski definition) is 8. The first-order valence-electron chi connectivity index (χ1n) is 7.16. The Balaban J connectivity index is 1.81. The average Bonchev–Trinajstić information content (AvgIpc) is 2.79. The summed E-state index contributed by atoms with van der Waals surface area (Å²) in [6.07, 6.45) is -4.29. The van der Waals surface area contributed by atoms with Gasteiger partial charge >= 0.3 is 0 Å². The first-order chi connectivity index (χ1) is 11.0. The van der Waals surface area contributed by atoms with Crippen molar-refractivity contribution in [1.29, 1.82) is 0 Å². The molecule has 0 spiro atoms. The highest BCUT2D eigenvalue weighted by atomic mass is 16.7. The normalized spacial score (nSPS) is 30.9.